The van der Waals surface area contributed by atoms with Crippen molar-refractivity contribution in [1.29, 1.82) is 0 Å². The van der Waals surface area contributed by atoms with Crippen LogP contribution >= 0.6 is 0 Å². The topological polar surface area (TPSA) is 90.9 Å². The van der Waals surface area contributed by atoms with Crippen LogP contribution in [0, 0.1) is 0 Å². The van der Waals surface area contributed by atoms with Crippen molar-refractivity contribution in [2.45, 2.75) is 38.5 Å². The number of alkyl carbamates (subject to hydrolysis) is 1. The molecule has 0 aromatic rings. The van der Waals surface area contributed by atoms with E-state index in [1.807, 2.05) is 0 Å². The molecular weight excluding hydrogens is 262 g/mol. The lowest BCUT2D eigenvalue weighted by Crippen LogP contribution is -2.46. The van der Waals surface area contributed by atoms with Crippen LogP contribution in [0.3, 0.4) is 0 Å². The summed E-state index contributed by atoms with van der Waals surface area (Å²) in [5.41, 5.74) is -0.614. The van der Waals surface area contributed by atoms with E-state index in [9.17, 15) is 13.2 Å². The molecular formula is C10H19NO6S. The zero-order valence-electron chi connectivity index (χ0n) is 10.9. The molecule has 0 radical (unpaired) electrons. The highest BCUT2D eigenvalue weighted by Gasteiger charge is 2.34. The zero-order valence-corrected chi connectivity index (χ0v) is 11.7. The Bertz CT molecular complexity index is 399. The van der Waals surface area contributed by atoms with Crippen molar-refractivity contribution in [3.05, 3.63) is 0 Å². The van der Waals surface area contributed by atoms with Crippen LogP contribution in [-0.4, -0.2) is 51.7 Å². The van der Waals surface area contributed by atoms with E-state index in [0.29, 0.717) is 0 Å². The quantitative estimate of drug-likeness (QED) is 0.746. The van der Waals surface area contributed by atoms with Gasteiger partial charge in [0.05, 0.1) is 25.5 Å². The molecule has 1 saturated heterocycles. The lowest BCUT2D eigenvalue weighted by Gasteiger charge is -2.23. The fourth-order valence-electron chi connectivity index (χ4n) is 1.45. The molecule has 1 rings (SSSR count). The molecule has 1 fully saturated rings. The number of hydrogen-bond acceptors (Lipinski definition) is 6. The molecule has 1 aliphatic rings. The maximum absolute atomic E-state index is 11.5. The Morgan fingerprint density at radius 3 is 2.44 bits per heavy atom. The summed E-state index contributed by atoms with van der Waals surface area (Å²) < 4.78 is 37.0. The van der Waals surface area contributed by atoms with Gasteiger partial charge in [0.15, 0.2) is 0 Å². The van der Waals surface area contributed by atoms with Crippen LogP contribution in [0.1, 0.15) is 20.8 Å². The Labute approximate surface area is 107 Å². The van der Waals surface area contributed by atoms with Gasteiger partial charge >= 0.3 is 6.09 Å². The van der Waals surface area contributed by atoms with E-state index in [4.69, 9.17) is 13.7 Å². The third-order valence-electron chi connectivity index (χ3n) is 2.03. The molecule has 2 atom stereocenters. The minimum absolute atomic E-state index is 0.119. The summed E-state index contributed by atoms with van der Waals surface area (Å²) in [5.74, 6) is 0. The van der Waals surface area contributed by atoms with Crippen LogP contribution in [0.4, 0.5) is 4.79 Å². The molecule has 0 saturated carbocycles. The van der Waals surface area contributed by atoms with Crippen molar-refractivity contribution in [1.82, 2.24) is 5.32 Å². The smallest absolute Gasteiger partial charge is 0.408 e. The van der Waals surface area contributed by atoms with Crippen molar-refractivity contribution in [2.75, 3.05) is 19.5 Å². The van der Waals surface area contributed by atoms with Gasteiger partial charge in [0.2, 0.25) is 0 Å². The second kappa shape index (κ2) is 5.41. The van der Waals surface area contributed by atoms with E-state index >= 15 is 0 Å². The normalized spacial score (nSPS) is 24.9. The monoisotopic (exact) mass is 281 g/mol. The van der Waals surface area contributed by atoms with E-state index in [-0.39, 0.29) is 13.2 Å². The highest BCUT2D eigenvalue weighted by atomic mass is 32.2. The molecule has 106 valence electrons. The van der Waals surface area contributed by atoms with Crippen molar-refractivity contribution < 1.29 is 26.9 Å². The fraction of sp³-hybridized carbons (Fsp3) is 0.900. The SMILES string of the molecule is CC(C)(C)OC(=O)NC1COCC1OS(C)(=O)=O. The first-order valence-electron chi connectivity index (χ1n) is 5.52. The largest absolute Gasteiger partial charge is 0.444 e. The number of amides is 1. The van der Waals surface area contributed by atoms with Gasteiger partial charge in [-0.25, -0.2) is 4.79 Å². The van der Waals surface area contributed by atoms with Gasteiger partial charge < -0.3 is 14.8 Å². The molecule has 0 aromatic carbocycles. The van der Waals surface area contributed by atoms with Gasteiger partial charge in [-0.2, -0.15) is 8.42 Å². The minimum atomic E-state index is -3.58. The third-order valence-corrected chi connectivity index (χ3v) is 2.63. The van der Waals surface area contributed by atoms with Crippen LogP contribution in [0.2, 0.25) is 0 Å². The summed E-state index contributed by atoms with van der Waals surface area (Å²) in [5, 5.41) is 2.53. The molecule has 1 N–H and O–H groups in total. The number of carbonyl (C=O) groups is 1. The van der Waals surface area contributed by atoms with E-state index < -0.39 is 34.0 Å². The summed E-state index contributed by atoms with van der Waals surface area (Å²) in [6.45, 7) is 5.53. The van der Waals surface area contributed by atoms with Gasteiger partial charge in [-0.15, -0.1) is 0 Å². The minimum Gasteiger partial charge on any atom is -0.444 e. The Kier molecular flexibility index (Phi) is 4.57. The summed E-state index contributed by atoms with van der Waals surface area (Å²) in [7, 11) is -3.58. The summed E-state index contributed by atoms with van der Waals surface area (Å²) >= 11 is 0. The summed E-state index contributed by atoms with van der Waals surface area (Å²) in [6, 6.07) is -0.533. The number of carbonyl (C=O) groups excluding carboxylic acids is 1. The lowest BCUT2D eigenvalue weighted by atomic mass is 10.2. The first-order chi connectivity index (χ1) is 8.07. The molecule has 1 amide bonds. The van der Waals surface area contributed by atoms with Gasteiger partial charge in [-0.3, -0.25) is 4.18 Å². The van der Waals surface area contributed by atoms with Gasteiger partial charge in [-0.1, -0.05) is 0 Å². The van der Waals surface area contributed by atoms with Gasteiger partial charge in [0.25, 0.3) is 10.1 Å². The van der Waals surface area contributed by atoms with Crippen LogP contribution in [0.5, 0.6) is 0 Å². The van der Waals surface area contributed by atoms with Gasteiger partial charge in [0, 0.05) is 0 Å². The predicted octanol–water partition coefficient (Wildman–Crippen LogP) is 0.255. The maximum atomic E-state index is 11.5. The Morgan fingerprint density at radius 1 is 1.33 bits per heavy atom. The molecule has 7 nitrogen and oxygen atoms in total. The molecule has 2 unspecified atom stereocenters. The second-order valence-corrected chi connectivity index (χ2v) is 6.73. The second-order valence-electron chi connectivity index (χ2n) is 5.13. The van der Waals surface area contributed by atoms with E-state index in [0.717, 1.165) is 6.26 Å². The van der Waals surface area contributed by atoms with Crippen LogP contribution in [-0.2, 0) is 23.8 Å². The maximum Gasteiger partial charge on any atom is 0.408 e. The van der Waals surface area contributed by atoms with E-state index in [2.05, 4.69) is 5.32 Å². The van der Waals surface area contributed by atoms with Crippen LogP contribution in [0.25, 0.3) is 0 Å². The molecule has 0 spiro atoms. The van der Waals surface area contributed by atoms with Crippen molar-refractivity contribution in [2.24, 2.45) is 0 Å². The summed E-state index contributed by atoms with van der Waals surface area (Å²) in [6.07, 6.45) is -0.386. The van der Waals surface area contributed by atoms with Crippen molar-refractivity contribution in [3.63, 3.8) is 0 Å². The Balaban J connectivity index is 2.53. The number of ether oxygens (including phenoxy) is 2. The zero-order chi connectivity index (χ0) is 14.0. The number of hydrogen-bond donors (Lipinski definition) is 1. The molecule has 1 heterocycles. The number of rotatable bonds is 3. The summed E-state index contributed by atoms with van der Waals surface area (Å²) in [4.78, 5) is 11.5. The van der Waals surface area contributed by atoms with Crippen molar-refractivity contribution in [3.8, 4) is 0 Å². The molecule has 0 bridgehead atoms. The number of nitrogens with one attached hydrogen (secondary N) is 1. The highest BCUT2D eigenvalue weighted by Crippen LogP contribution is 2.13. The standard InChI is InChI=1S/C10H19NO6S/c1-10(2,3)16-9(12)11-7-5-15-6-8(7)17-18(4,13)14/h7-8H,5-6H2,1-4H3,(H,11,12). The first-order valence-corrected chi connectivity index (χ1v) is 7.34. The molecule has 1 aliphatic heterocycles. The first kappa shape index (κ1) is 15.2. The van der Waals surface area contributed by atoms with Gasteiger partial charge in [0.1, 0.15) is 11.7 Å². The molecule has 0 aliphatic carbocycles. The Morgan fingerprint density at radius 2 is 1.94 bits per heavy atom. The van der Waals surface area contributed by atoms with Crippen LogP contribution < -0.4 is 5.32 Å². The molecule has 8 heteroatoms. The molecule has 18 heavy (non-hydrogen) atoms. The third kappa shape index (κ3) is 5.65. The predicted molar refractivity (Wildman–Crippen MR) is 63.7 cm³/mol. The highest BCUT2D eigenvalue weighted by molar-refractivity contribution is 7.86. The van der Waals surface area contributed by atoms with E-state index in [1.54, 1.807) is 20.8 Å². The van der Waals surface area contributed by atoms with Gasteiger partial charge in [-0.05, 0) is 20.8 Å². The average Bonchev–Trinajstić information content (AvgIpc) is 2.45. The van der Waals surface area contributed by atoms with Crippen LogP contribution in [0.15, 0.2) is 0 Å². The average molecular weight is 281 g/mol. The van der Waals surface area contributed by atoms with Crippen molar-refractivity contribution >= 4 is 16.2 Å². The van der Waals surface area contributed by atoms with E-state index in [1.165, 1.54) is 0 Å². The fourth-order valence-corrected chi connectivity index (χ4v) is 2.09. The Hall–Kier alpha value is -0.860. The molecule has 0 aromatic heterocycles. The lowest BCUT2D eigenvalue weighted by molar-refractivity contribution is 0.0473.